The number of hydrogen-bond acceptors (Lipinski definition) is 5. The normalized spacial score (nSPS) is 10.3. The van der Waals surface area contributed by atoms with E-state index >= 15 is 0 Å². The smallest absolute Gasteiger partial charge is 0.136 e. The Bertz CT molecular complexity index is 578. The lowest BCUT2D eigenvalue weighted by atomic mass is 10.2. The number of benzene rings is 1. The van der Waals surface area contributed by atoms with Crippen LogP contribution in [0, 0.1) is 0 Å². The van der Waals surface area contributed by atoms with Crippen LogP contribution < -0.4 is 15.5 Å². The second-order valence-corrected chi connectivity index (χ2v) is 5.12. The summed E-state index contributed by atoms with van der Waals surface area (Å²) in [6.45, 7) is 2.13. The van der Waals surface area contributed by atoms with Gasteiger partial charge in [-0.05, 0) is 30.7 Å². The third-order valence-corrected chi connectivity index (χ3v) is 3.16. The highest BCUT2D eigenvalue weighted by Crippen LogP contribution is 2.20. The Hall–Kier alpha value is -2.30. The molecule has 0 aliphatic heterocycles. The van der Waals surface area contributed by atoms with E-state index in [1.165, 1.54) is 5.69 Å². The summed E-state index contributed by atoms with van der Waals surface area (Å²) >= 11 is 0. The highest BCUT2D eigenvalue weighted by molar-refractivity contribution is 5.62. The number of nitrogens with zero attached hydrogens (tertiary/aromatic N) is 3. The van der Waals surface area contributed by atoms with Crippen LogP contribution in [0.3, 0.4) is 0 Å². The van der Waals surface area contributed by atoms with Crippen LogP contribution in [0.2, 0.25) is 0 Å². The van der Waals surface area contributed by atoms with Crippen molar-refractivity contribution in [1.29, 1.82) is 0 Å². The van der Waals surface area contributed by atoms with E-state index in [9.17, 15) is 0 Å². The number of hydrogen-bond donors (Lipinski definition) is 2. The molecule has 2 N–H and O–H groups in total. The van der Waals surface area contributed by atoms with E-state index in [-0.39, 0.29) is 0 Å². The average molecular weight is 285 g/mol. The van der Waals surface area contributed by atoms with Crippen molar-refractivity contribution < 1.29 is 0 Å². The maximum atomic E-state index is 4.55. The SMILES string of the molecule is CCCc1nc(NC)cc(Nc2ccc(N(C)C)cc2)n1. The fourth-order valence-electron chi connectivity index (χ4n) is 2.02. The van der Waals surface area contributed by atoms with E-state index in [1.54, 1.807) is 0 Å². The molecule has 1 aromatic heterocycles. The Morgan fingerprint density at radius 3 is 2.29 bits per heavy atom. The summed E-state index contributed by atoms with van der Waals surface area (Å²) in [6.07, 6.45) is 1.91. The van der Waals surface area contributed by atoms with Gasteiger partial charge in [-0.15, -0.1) is 0 Å². The van der Waals surface area contributed by atoms with Crippen LogP contribution in [-0.2, 0) is 6.42 Å². The summed E-state index contributed by atoms with van der Waals surface area (Å²) in [5.41, 5.74) is 2.19. The van der Waals surface area contributed by atoms with Gasteiger partial charge in [0.2, 0.25) is 0 Å². The van der Waals surface area contributed by atoms with Gasteiger partial charge in [0.15, 0.2) is 0 Å². The van der Waals surface area contributed by atoms with Crippen molar-refractivity contribution in [3.05, 3.63) is 36.2 Å². The van der Waals surface area contributed by atoms with Crippen molar-refractivity contribution in [1.82, 2.24) is 9.97 Å². The third kappa shape index (κ3) is 4.08. The van der Waals surface area contributed by atoms with Gasteiger partial charge in [0.1, 0.15) is 17.5 Å². The molecular formula is C16H23N5. The van der Waals surface area contributed by atoms with Crippen molar-refractivity contribution in [2.75, 3.05) is 36.7 Å². The maximum Gasteiger partial charge on any atom is 0.136 e. The molecule has 2 rings (SSSR count). The number of aromatic nitrogens is 2. The molecule has 0 spiro atoms. The second-order valence-electron chi connectivity index (χ2n) is 5.12. The second kappa shape index (κ2) is 6.92. The Morgan fingerprint density at radius 2 is 1.71 bits per heavy atom. The first-order valence-corrected chi connectivity index (χ1v) is 7.22. The molecule has 112 valence electrons. The van der Waals surface area contributed by atoms with Gasteiger partial charge < -0.3 is 15.5 Å². The van der Waals surface area contributed by atoms with Gasteiger partial charge in [-0.2, -0.15) is 0 Å². The standard InChI is InChI=1S/C16H23N5/c1-5-6-14-19-15(17-2)11-16(20-14)18-12-7-9-13(10-8-12)21(3)4/h7-11H,5-6H2,1-4H3,(H2,17,18,19,20). The molecule has 1 aromatic carbocycles. The number of anilines is 4. The molecule has 0 aliphatic rings. The molecule has 0 saturated carbocycles. The largest absolute Gasteiger partial charge is 0.378 e. The van der Waals surface area contributed by atoms with Crippen LogP contribution in [0.15, 0.2) is 30.3 Å². The number of nitrogens with one attached hydrogen (secondary N) is 2. The fourth-order valence-corrected chi connectivity index (χ4v) is 2.02. The van der Waals surface area contributed by atoms with Crippen molar-refractivity contribution in [3.8, 4) is 0 Å². The van der Waals surface area contributed by atoms with Gasteiger partial charge in [-0.3, -0.25) is 0 Å². The summed E-state index contributed by atoms with van der Waals surface area (Å²) in [5.74, 6) is 2.51. The quantitative estimate of drug-likeness (QED) is 0.853. The molecule has 2 aromatic rings. The van der Waals surface area contributed by atoms with E-state index in [1.807, 2.05) is 27.2 Å². The molecule has 0 radical (unpaired) electrons. The highest BCUT2D eigenvalue weighted by atomic mass is 15.1. The molecule has 0 atom stereocenters. The van der Waals surface area contributed by atoms with Crippen LogP contribution >= 0.6 is 0 Å². The molecule has 1 heterocycles. The molecule has 21 heavy (non-hydrogen) atoms. The maximum absolute atomic E-state index is 4.55. The predicted molar refractivity (Wildman–Crippen MR) is 89.6 cm³/mol. The zero-order valence-corrected chi connectivity index (χ0v) is 13.1. The van der Waals surface area contributed by atoms with E-state index in [4.69, 9.17) is 0 Å². The third-order valence-electron chi connectivity index (χ3n) is 3.16. The van der Waals surface area contributed by atoms with Gasteiger partial charge in [0.25, 0.3) is 0 Å². The van der Waals surface area contributed by atoms with Crippen molar-refractivity contribution in [2.45, 2.75) is 19.8 Å². The minimum absolute atomic E-state index is 0.815. The molecule has 0 amide bonds. The Balaban J connectivity index is 2.19. The van der Waals surface area contributed by atoms with E-state index < -0.39 is 0 Å². The van der Waals surface area contributed by atoms with E-state index in [0.29, 0.717) is 0 Å². The fraction of sp³-hybridized carbons (Fsp3) is 0.375. The van der Waals surface area contributed by atoms with Crippen LogP contribution in [0.25, 0.3) is 0 Å². The summed E-state index contributed by atoms with van der Waals surface area (Å²) in [7, 11) is 5.93. The van der Waals surface area contributed by atoms with E-state index in [2.05, 4.69) is 56.7 Å². The topological polar surface area (TPSA) is 53.1 Å². The number of aryl methyl sites for hydroxylation is 1. The Kier molecular flexibility index (Phi) is 4.98. The molecule has 5 nitrogen and oxygen atoms in total. The zero-order valence-electron chi connectivity index (χ0n) is 13.1. The molecular weight excluding hydrogens is 262 g/mol. The Morgan fingerprint density at radius 1 is 1.05 bits per heavy atom. The van der Waals surface area contributed by atoms with Gasteiger partial charge in [0.05, 0.1) is 0 Å². The number of rotatable bonds is 6. The van der Waals surface area contributed by atoms with Crippen molar-refractivity contribution in [2.24, 2.45) is 0 Å². The highest BCUT2D eigenvalue weighted by Gasteiger charge is 2.04. The predicted octanol–water partition coefficient (Wildman–Crippen LogP) is 3.28. The molecule has 0 unspecified atom stereocenters. The lowest BCUT2D eigenvalue weighted by Gasteiger charge is -2.14. The first kappa shape index (κ1) is 15.1. The minimum atomic E-state index is 0.815. The monoisotopic (exact) mass is 285 g/mol. The van der Waals surface area contributed by atoms with Crippen molar-refractivity contribution in [3.63, 3.8) is 0 Å². The van der Waals surface area contributed by atoms with Crippen LogP contribution in [0.4, 0.5) is 23.0 Å². The Labute approximate surface area is 126 Å². The summed E-state index contributed by atoms with van der Waals surface area (Å²) < 4.78 is 0. The molecule has 0 bridgehead atoms. The lowest BCUT2D eigenvalue weighted by Crippen LogP contribution is -2.08. The van der Waals surface area contributed by atoms with Gasteiger partial charge >= 0.3 is 0 Å². The van der Waals surface area contributed by atoms with Crippen LogP contribution in [0.1, 0.15) is 19.2 Å². The molecule has 5 heteroatoms. The first-order chi connectivity index (χ1) is 10.1. The minimum Gasteiger partial charge on any atom is -0.378 e. The van der Waals surface area contributed by atoms with Gasteiger partial charge in [-0.25, -0.2) is 9.97 Å². The molecule has 0 fully saturated rings. The van der Waals surface area contributed by atoms with Gasteiger partial charge in [-0.1, -0.05) is 6.92 Å². The van der Waals surface area contributed by atoms with E-state index in [0.717, 1.165) is 36.0 Å². The first-order valence-electron chi connectivity index (χ1n) is 7.22. The summed E-state index contributed by atoms with van der Waals surface area (Å²) in [4.78, 5) is 11.1. The zero-order chi connectivity index (χ0) is 15.2. The average Bonchev–Trinajstić information content (AvgIpc) is 2.48. The molecule has 0 saturated heterocycles. The van der Waals surface area contributed by atoms with Crippen molar-refractivity contribution >= 4 is 23.0 Å². The van der Waals surface area contributed by atoms with Gasteiger partial charge in [0, 0.05) is 45.0 Å². The lowest BCUT2D eigenvalue weighted by molar-refractivity contribution is 0.838. The summed E-state index contributed by atoms with van der Waals surface area (Å²) in [5, 5.41) is 6.41. The molecule has 0 aliphatic carbocycles. The summed E-state index contributed by atoms with van der Waals surface area (Å²) in [6, 6.07) is 10.2. The van der Waals surface area contributed by atoms with Crippen LogP contribution in [0.5, 0.6) is 0 Å². The van der Waals surface area contributed by atoms with Crippen LogP contribution in [-0.4, -0.2) is 31.1 Å².